The number of benzene rings is 2. The molecule has 0 saturated heterocycles. The highest BCUT2D eigenvalue weighted by molar-refractivity contribution is 5.93. The van der Waals surface area contributed by atoms with Crippen LogP contribution in [-0.2, 0) is 4.79 Å². The van der Waals surface area contributed by atoms with Gasteiger partial charge in [0.1, 0.15) is 11.5 Å². The van der Waals surface area contributed by atoms with E-state index in [9.17, 15) is 4.79 Å². The number of nitrogens with two attached hydrogens (primary N) is 1. The Hall–Kier alpha value is -2.69. The van der Waals surface area contributed by atoms with Crippen molar-refractivity contribution < 1.29 is 14.3 Å². The number of nitrogens with one attached hydrogen (secondary N) is 1. The smallest absolute Gasteiger partial charge is 0.262 e. The number of anilines is 2. The summed E-state index contributed by atoms with van der Waals surface area (Å²) in [5.74, 6) is 0.909. The van der Waals surface area contributed by atoms with Gasteiger partial charge in [0.2, 0.25) is 0 Å². The molecular formula is C15H16N2O3. The zero-order valence-corrected chi connectivity index (χ0v) is 11.1. The maximum atomic E-state index is 11.8. The van der Waals surface area contributed by atoms with Crippen molar-refractivity contribution in [2.75, 3.05) is 24.8 Å². The SMILES string of the molecule is COc1ccc(N)cc1NC(=O)COc1ccccc1. The minimum Gasteiger partial charge on any atom is -0.495 e. The third-order valence-corrected chi connectivity index (χ3v) is 2.61. The number of methoxy groups -OCH3 is 1. The van der Waals surface area contributed by atoms with Crippen LogP contribution in [0.25, 0.3) is 0 Å². The number of hydrogen-bond acceptors (Lipinski definition) is 4. The van der Waals surface area contributed by atoms with Gasteiger partial charge in [-0.1, -0.05) is 18.2 Å². The second kappa shape index (κ2) is 6.47. The quantitative estimate of drug-likeness (QED) is 0.819. The van der Waals surface area contributed by atoms with E-state index >= 15 is 0 Å². The maximum absolute atomic E-state index is 11.8. The van der Waals surface area contributed by atoms with Crippen molar-refractivity contribution >= 4 is 17.3 Å². The summed E-state index contributed by atoms with van der Waals surface area (Å²) in [6.07, 6.45) is 0. The normalized spacial score (nSPS) is 9.85. The number of carbonyl (C=O) groups excluding carboxylic acids is 1. The van der Waals surface area contributed by atoms with Crippen LogP contribution in [0.3, 0.4) is 0 Å². The second-order valence-corrected chi connectivity index (χ2v) is 4.11. The minimum absolute atomic E-state index is 0.0814. The first-order valence-electron chi connectivity index (χ1n) is 6.10. The standard InChI is InChI=1S/C15H16N2O3/c1-19-14-8-7-11(16)9-13(14)17-15(18)10-20-12-5-3-2-4-6-12/h2-9H,10,16H2,1H3,(H,17,18). The molecule has 2 aromatic carbocycles. The van der Waals surface area contributed by atoms with Gasteiger partial charge in [0.15, 0.2) is 6.61 Å². The lowest BCUT2D eigenvalue weighted by Gasteiger charge is -2.11. The van der Waals surface area contributed by atoms with Crippen molar-refractivity contribution in [3.63, 3.8) is 0 Å². The topological polar surface area (TPSA) is 73.6 Å². The monoisotopic (exact) mass is 272 g/mol. The summed E-state index contributed by atoms with van der Waals surface area (Å²) in [7, 11) is 1.53. The fourth-order valence-electron chi connectivity index (χ4n) is 1.68. The zero-order chi connectivity index (χ0) is 14.4. The largest absolute Gasteiger partial charge is 0.495 e. The maximum Gasteiger partial charge on any atom is 0.262 e. The molecule has 1 amide bonds. The predicted octanol–water partition coefficient (Wildman–Crippen LogP) is 2.29. The van der Waals surface area contributed by atoms with Gasteiger partial charge in [0, 0.05) is 5.69 Å². The summed E-state index contributed by atoms with van der Waals surface area (Å²) in [5, 5.41) is 2.70. The van der Waals surface area contributed by atoms with Crippen molar-refractivity contribution in [1.82, 2.24) is 0 Å². The molecule has 2 aromatic rings. The van der Waals surface area contributed by atoms with Crippen molar-refractivity contribution in [2.24, 2.45) is 0 Å². The van der Waals surface area contributed by atoms with Crippen LogP contribution in [0.4, 0.5) is 11.4 Å². The van der Waals surface area contributed by atoms with E-state index in [1.54, 1.807) is 30.3 Å². The van der Waals surface area contributed by atoms with Gasteiger partial charge in [-0.15, -0.1) is 0 Å². The van der Waals surface area contributed by atoms with Gasteiger partial charge in [-0.2, -0.15) is 0 Å². The molecular weight excluding hydrogens is 256 g/mol. The first kappa shape index (κ1) is 13.7. The van der Waals surface area contributed by atoms with Crippen molar-refractivity contribution in [3.8, 4) is 11.5 Å². The molecule has 104 valence electrons. The Balaban J connectivity index is 1.96. The van der Waals surface area contributed by atoms with Crippen molar-refractivity contribution in [3.05, 3.63) is 48.5 Å². The number of para-hydroxylation sites is 1. The van der Waals surface area contributed by atoms with Gasteiger partial charge in [-0.25, -0.2) is 0 Å². The van der Waals surface area contributed by atoms with Crippen LogP contribution < -0.4 is 20.5 Å². The number of hydrogen-bond donors (Lipinski definition) is 2. The van der Waals surface area contributed by atoms with Gasteiger partial charge in [0.05, 0.1) is 12.8 Å². The second-order valence-electron chi connectivity index (χ2n) is 4.11. The number of ether oxygens (including phenoxy) is 2. The summed E-state index contributed by atoms with van der Waals surface area (Å²) >= 11 is 0. The van der Waals surface area contributed by atoms with E-state index < -0.39 is 0 Å². The lowest BCUT2D eigenvalue weighted by atomic mass is 10.2. The molecule has 5 nitrogen and oxygen atoms in total. The van der Waals surface area contributed by atoms with E-state index in [-0.39, 0.29) is 12.5 Å². The van der Waals surface area contributed by atoms with Gasteiger partial charge < -0.3 is 20.5 Å². The third-order valence-electron chi connectivity index (χ3n) is 2.61. The van der Waals surface area contributed by atoms with Crippen LogP contribution in [0, 0.1) is 0 Å². The minimum atomic E-state index is -0.280. The number of amides is 1. The molecule has 0 unspecified atom stereocenters. The molecule has 5 heteroatoms. The van der Waals surface area contributed by atoms with Crippen LogP contribution in [0.2, 0.25) is 0 Å². The molecule has 0 aliphatic heterocycles. The molecule has 0 aliphatic carbocycles. The molecule has 0 heterocycles. The van der Waals surface area contributed by atoms with Gasteiger partial charge in [-0.3, -0.25) is 4.79 Å². The van der Waals surface area contributed by atoms with Gasteiger partial charge in [0.25, 0.3) is 5.91 Å². The van der Waals surface area contributed by atoms with E-state index in [0.717, 1.165) is 0 Å². The Morgan fingerprint density at radius 2 is 1.95 bits per heavy atom. The van der Waals surface area contributed by atoms with Crippen LogP contribution in [0.15, 0.2) is 48.5 Å². The molecule has 0 aromatic heterocycles. The molecule has 3 N–H and O–H groups in total. The molecule has 0 aliphatic rings. The molecule has 2 rings (SSSR count). The lowest BCUT2D eigenvalue weighted by molar-refractivity contribution is -0.118. The Bertz CT molecular complexity index is 585. The summed E-state index contributed by atoms with van der Waals surface area (Å²) in [4.78, 5) is 11.8. The number of carbonyl (C=O) groups is 1. The van der Waals surface area contributed by atoms with Gasteiger partial charge >= 0.3 is 0 Å². The molecule has 0 saturated carbocycles. The molecule has 0 atom stereocenters. The van der Waals surface area contributed by atoms with E-state index in [4.69, 9.17) is 15.2 Å². The average Bonchev–Trinajstić information content (AvgIpc) is 2.46. The van der Waals surface area contributed by atoms with E-state index in [0.29, 0.717) is 22.9 Å². The average molecular weight is 272 g/mol. The van der Waals surface area contributed by atoms with Crippen LogP contribution in [-0.4, -0.2) is 19.6 Å². The Morgan fingerprint density at radius 1 is 1.20 bits per heavy atom. The van der Waals surface area contributed by atoms with Gasteiger partial charge in [-0.05, 0) is 30.3 Å². The first-order chi connectivity index (χ1) is 9.69. The summed E-state index contributed by atoms with van der Waals surface area (Å²) in [6.45, 7) is -0.0814. The molecule has 0 radical (unpaired) electrons. The Morgan fingerprint density at radius 3 is 2.65 bits per heavy atom. The zero-order valence-electron chi connectivity index (χ0n) is 11.1. The molecule has 0 spiro atoms. The Kier molecular flexibility index (Phi) is 4.44. The molecule has 0 bridgehead atoms. The summed E-state index contributed by atoms with van der Waals surface area (Å²) < 4.78 is 10.5. The highest BCUT2D eigenvalue weighted by atomic mass is 16.5. The molecule has 20 heavy (non-hydrogen) atoms. The number of nitrogen functional groups attached to an aromatic ring is 1. The first-order valence-corrected chi connectivity index (χ1v) is 6.10. The fraction of sp³-hybridized carbons (Fsp3) is 0.133. The van der Waals surface area contributed by atoms with E-state index in [1.165, 1.54) is 7.11 Å². The summed E-state index contributed by atoms with van der Waals surface area (Å²) in [6, 6.07) is 14.2. The Labute approximate surface area is 117 Å². The highest BCUT2D eigenvalue weighted by Crippen LogP contribution is 2.26. The summed E-state index contributed by atoms with van der Waals surface area (Å²) in [5.41, 5.74) is 6.75. The lowest BCUT2D eigenvalue weighted by Crippen LogP contribution is -2.20. The van der Waals surface area contributed by atoms with E-state index in [1.807, 2.05) is 18.2 Å². The van der Waals surface area contributed by atoms with Crippen LogP contribution in [0.5, 0.6) is 11.5 Å². The van der Waals surface area contributed by atoms with Crippen LogP contribution in [0.1, 0.15) is 0 Å². The van der Waals surface area contributed by atoms with E-state index in [2.05, 4.69) is 5.32 Å². The van der Waals surface area contributed by atoms with Crippen molar-refractivity contribution in [1.29, 1.82) is 0 Å². The highest BCUT2D eigenvalue weighted by Gasteiger charge is 2.08. The number of rotatable bonds is 5. The third kappa shape index (κ3) is 3.65. The van der Waals surface area contributed by atoms with Crippen molar-refractivity contribution in [2.45, 2.75) is 0 Å². The predicted molar refractivity (Wildman–Crippen MR) is 78.0 cm³/mol. The molecule has 0 fully saturated rings. The van der Waals surface area contributed by atoms with Crippen LogP contribution >= 0.6 is 0 Å². The fourth-order valence-corrected chi connectivity index (χ4v) is 1.68.